The Morgan fingerprint density at radius 2 is 2.05 bits per heavy atom. The molecule has 0 amide bonds. The molecule has 0 radical (unpaired) electrons. The lowest BCUT2D eigenvalue weighted by atomic mass is 9.85. The second kappa shape index (κ2) is 7.10. The molecule has 120 valence electrons. The van der Waals surface area contributed by atoms with Crippen molar-refractivity contribution in [3.05, 3.63) is 10.6 Å². The molecule has 1 aliphatic rings. The van der Waals surface area contributed by atoms with Crippen molar-refractivity contribution in [1.29, 1.82) is 0 Å². The summed E-state index contributed by atoms with van der Waals surface area (Å²) in [6.07, 6.45) is 3.88. The first-order valence-corrected chi connectivity index (χ1v) is 9.20. The van der Waals surface area contributed by atoms with E-state index in [1.807, 2.05) is 11.3 Å². The first-order valence-electron chi connectivity index (χ1n) is 8.38. The topological polar surface area (TPSA) is 28.2 Å². The molecule has 1 N–H and O–H groups in total. The molecule has 2 rings (SSSR count). The minimum Gasteiger partial charge on any atom is -0.348 e. The van der Waals surface area contributed by atoms with E-state index in [2.05, 4.69) is 44.8 Å². The van der Waals surface area contributed by atoms with Crippen molar-refractivity contribution in [1.82, 2.24) is 10.3 Å². The van der Waals surface area contributed by atoms with Crippen LogP contribution in [-0.4, -0.2) is 24.6 Å². The highest BCUT2D eigenvalue weighted by Gasteiger charge is 2.25. The molecule has 4 heteroatoms. The van der Waals surface area contributed by atoms with E-state index in [-0.39, 0.29) is 0 Å². The Kier molecular flexibility index (Phi) is 5.67. The maximum Gasteiger partial charge on any atom is 0.185 e. The van der Waals surface area contributed by atoms with Crippen LogP contribution >= 0.6 is 11.3 Å². The smallest absolute Gasteiger partial charge is 0.185 e. The molecule has 0 saturated carbocycles. The van der Waals surface area contributed by atoms with E-state index in [0.29, 0.717) is 11.3 Å². The van der Waals surface area contributed by atoms with Crippen molar-refractivity contribution in [2.24, 2.45) is 5.41 Å². The number of thiazole rings is 1. The van der Waals surface area contributed by atoms with Gasteiger partial charge in [-0.1, -0.05) is 34.6 Å². The van der Waals surface area contributed by atoms with Gasteiger partial charge in [-0.25, -0.2) is 4.98 Å². The van der Waals surface area contributed by atoms with Crippen molar-refractivity contribution < 1.29 is 0 Å². The van der Waals surface area contributed by atoms with Gasteiger partial charge in [0.2, 0.25) is 0 Å². The van der Waals surface area contributed by atoms with Gasteiger partial charge in [-0.2, -0.15) is 0 Å². The first-order chi connectivity index (χ1) is 9.93. The lowest BCUT2D eigenvalue weighted by Gasteiger charge is -2.23. The summed E-state index contributed by atoms with van der Waals surface area (Å²) in [6.45, 7) is 15.7. The number of anilines is 1. The molecule has 1 fully saturated rings. The predicted molar refractivity (Wildman–Crippen MR) is 93.4 cm³/mol. The fourth-order valence-electron chi connectivity index (χ4n) is 2.92. The van der Waals surface area contributed by atoms with Crippen LogP contribution in [0.15, 0.2) is 0 Å². The Labute approximate surface area is 134 Å². The van der Waals surface area contributed by atoms with Crippen molar-refractivity contribution in [2.75, 3.05) is 24.5 Å². The molecular weight excluding hydrogens is 278 g/mol. The fraction of sp³-hybridized carbons (Fsp3) is 0.824. The molecule has 0 spiro atoms. The van der Waals surface area contributed by atoms with Gasteiger partial charge in [0.05, 0.1) is 5.69 Å². The highest BCUT2D eigenvalue weighted by atomic mass is 32.1. The molecule has 3 nitrogen and oxygen atoms in total. The Hall–Kier alpha value is -0.610. The van der Waals surface area contributed by atoms with Gasteiger partial charge in [0.1, 0.15) is 0 Å². The second-order valence-electron chi connectivity index (χ2n) is 7.24. The predicted octanol–water partition coefficient (Wildman–Crippen LogP) is 4.39. The van der Waals surface area contributed by atoms with Gasteiger partial charge < -0.3 is 10.2 Å². The summed E-state index contributed by atoms with van der Waals surface area (Å²) in [5.41, 5.74) is 1.78. The number of rotatable bonds is 5. The largest absolute Gasteiger partial charge is 0.348 e. The average molecular weight is 310 g/mol. The normalized spacial score (nSPS) is 19.0. The molecule has 1 saturated heterocycles. The van der Waals surface area contributed by atoms with Gasteiger partial charge in [-0.15, -0.1) is 11.3 Å². The van der Waals surface area contributed by atoms with E-state index < -0.39 is 0 Å². The highest BCUT2D eigenvalue weighted by Crippen LogP contribution is 2.35. The van der Waals surface area contributed by atoms with Crippen LogP contribution in [0.2, 0.25) is 0 Å². The van der Waals surface area contributed by atoms with Gasteiger partial charge in [0.25, 0.3) is 0 Å². The summed E-state index contributed by atoms with van der Waals surface area (Å²) < 4.78 is 0. The third-order valence-electron chi connectivity index (χ3n) is 4.41. The number of hydrogen-bond acceptors (Lipinski definition) is 4. The number of hydrogen-bond donors (Lipinski definition) is 1. The molecule has 0 atom stereocenters. The van der Waals surface area contributed by atoms with E-state index in [1.165, 1.54) is 35.0 Å². The van der Waals surface area contributed by atoms with Gasteiger partial charge in [0, 0.05) is 24.5 Å². The average Bonchev–Trinajstić information content (AvgIpc) is 2.75. The summed E-state index contributed by atoms with van der Waals surface area (Å²) in [5, 5.41) is 4.69. The monoisotopic (exact) mass is 309 g/mol. The van der Waals surface area contributed by atoms with Crippen LogP contribution < -0.4 is 10.2 Å². The Balaban J connectivity index is 2.15. The van der Waals surface area contributed by atoms with Crippen LogP contribution in [0.4, 0.5) is 5.13 Å². The standard InChI is InChI=1S/C17H31N3S/c1-6-18-12-14-15(13(2)3)19-16(21-14)20-10-7-8-17(4,5)9-11-20/h13,18H,6-12H2,1-5H3. The Morgan fingerprint density at radius 3 is 2.71 bits per heavy atom. The van der Waals surface area contributed by atoms with Crippen molar-refractivity contribution in [3.8, 4) is 0 Å². The van der Waals surface area contributed by atoms with Crippen molar-refractivity contribution in [2.45, 2.75) is 66.3 Å². The van der Waals surface area contributed by atoms with Crippen molar-refractivity contribution in [3.63, 3.8) is 0 Å². The van der Waals surface area contributed by atoms with Crippen LogP contribution in [0.1, 0.15) is 70.4 Å². The van der Waals surface area contributed by atoms with Crippen LogP contribution in [-0.2, 0) is 6.54 Å². The number of nitrogens with one attached hydrogen (secondary N) is 1. The zero-order valence-electron chi connectivity index (χ0n) is 14.3. The molecule has 0 aromatic carbocycles. The van der Waals surface area contributed by atoms with Gasteiger partial charge in [0.15, 0.2) is 5.13 Å². The molecule has 1 aromatic heterocycles. The zero-order valence-corrected chi connectivity index (χ0v) is 15.1. The molecule has 1 aliphatic heterocycles. The van der Waals surface area contributed by atoms with Crippen LogP contribution in [0, 0.1) is 5.41 Å². The van der Waals surface area contributed by atoms with Gasteiger partial charge in [-0.3, -0.25) is 0 Å². The molecular formula is C17H31N3S. The van der Waals surface area contributed by atoms with E-state index in [4.69, 9.17) is 4.98 Å². The highest BCUT2D eigenvalue weighted by molar-refractivity contribution is 7.15. The molecule has 0 aliphatic carbocycles. The Morgan fingerprint density at radius 1 is 1.29 bits per heavy atom. The zero-order chi connectivity index (χ0) is 15.5. The summed E-state index contributed by atoms with van der Waals surface area (Å²) in [5.74, 6) is 0.507. The van der Waals surface area contributed by atoms with E-state index in [9.17, 15) is 0 Å². The first kappa shape index (κ1) is 16.8. The molecule has 2 heterocycles. The SMILES string of the molecule is CCNCc1sc(N2CCCC(C)(C)CC2)nc1C(C)C. The minimum absolute atomic E-state index is 0.486. The Bertz CT molecular complexity index is 451. The van der Waals surface area contributed by atoms with Crippen LogP contribution in [0.25, 0.3) is 0 Å². The molecule has 0 unspecified atom stereocenters. The number of nitrogens with zero attached hydrogens (tertiary/aromatic N) is 2. The number of aromatic nitrogens is 1. The van der Waals surface area contributed by atoms with Crippen LogP contribution in [0.3, 0.4) is 0 Å². The lowest BCUT2D eigenvalue weighted by Crippen LogP contribution is -2.24. The maximum atomic E-state index is 4.98. The van der Waals surface area contributed by atoms with E-state index >= 15 is 0 Å². The summed E-state index contributed by atoms with van der Waals surface area (Å²) in [6, 6.07) is 0. The van der Waals surface area contributed by atoms with Crippen molar-refractivity contribution >= 4 is 16.5 Å². The lowest BCUT2D eigenvalue weighted by molar-refractivity contribution is 0.325. The van der Waals surface area contributed by atoms with E-state index in [1.54, 1.807) is 0 Å². The third-order valence-corrected chi connectivity index (χ3v) is 5.54. The van der Waals surface area contributed by atoms with E-state index in [0.717, 1.165) is 26.2 Å². The maximum absolute atomic E-state index is 4.98. The summed E-state index contributed by atoms with van der Waals surface area (Å²) in [7, 11) is 0. The van der Waals surface area contributed by atoms with Gasteiger partial charge >= 0.3 is 0 Å². The molecule has 21 heavy (non-hydrogen) atoms. The van der Waals surface area contributed by atoms with Crippen LogP contribution in [0.5, 0.6) is 0 Å². The quantitative estimate of drug-likeness (QED) is 0.874. The molecule has 1 aromatic rings. The third kappa shape index (κ3) is 4.43. The summed E-state index contributed by atoms with van der Waals surface area (Å²) in [4.78, 5) is 8.92. The second-order valence-corrected chi connectivity index (χ2v) is 8.31. The minimum atomic E-state index is 0.486. The van der Waals surface area contributed by atoms with Gasteiger partial charge in [-0.05, 0) is 37.1 Å². The fourth-order valence-corrected chi connectivity index (χ4v) is 4.15. The summed E-state index contributed by atoms with van der Waals surface area (Å²) >= 11 is 1.90. The molecule has 0 bridgehead atoms.